The van der Waals surface area contributed by atoms with Crippen LogP contribution in [0.2, 0.25) is 0 Å². The molecule has 0 amide bonds. The normalized spacial score (nSPS) is 18.5. The number of carbonyl (C=O) groups excluding carboxylic acids is 1. The largest absolute Gasteiger partial charge is 0.478 e. The highest BCUT2D eigenvalue weighted by Gasteiger charge is 2.36. The smallest absolute Gasteiger partial charge is 0.336 e. The molecule has 42 heavy (non-hydrogen) atoms. The van der Waals surface area contributed by atoms with E-state index < -0.39 is 5.97 Å². The van der Waals surface area contributed by atoms with E-state index in [1.807, 2.05) is 6.07 Å². The van der Waals surface area contributed by atoms with Gasteiger partial charge in [0.25, 0.3) is 0 Å². The first-order valence-electron chi connectivity index (χ1n) is 15.8. The van der Waals surface area contributed by atoms with Crippen LogP contribution in [0.4, 0.5) is 5.69 Å². The van der Waals surface area contributed by atoms with Crippen molar-refractivity contribution in [3.63, 3.8) is 0 Å². The fourth-order valence-electron chi connectivity index (χ4n) is 8.28. The molecule has 0 spiro atoms. The highest BCUT2D eigenvalue weighted by Crippen LogP contribution is 2.48. The topological polar surface area (TPSA) is 69.9 Å². The molecule has 0 fully saturated rings. The lowest BCUT2D eigenvalue weighted by Gasteiger charge is -2.35. The van der Waals surface area contributed by atoms with Crippen LogP contribution in [0.5, 0.6) is 11.5 Å². The molecule has 0 saturated heterocycles. The average Bonchev–Trinajstić information content (AvgIpc) is 3.34. The van der Waals surface area contributed by atoms with Crippen LogP contribution in [0.25, 0.3) is 5.57 Å². The minimum atomic E-state index is -0.980. The Morgan fingerprint density at radius 3 is 2.45 bits per heavy atom. The molecule has 8 rings (SSSR count). The summed E-state index contributed by atoms with van der Waals surface area (Å²) in [5, 5.41) is 12.8. The lowest BCUT2D eigenvalue weighted by Crippen LogP contribution is -2.41. The summed E-state index contributed by atoms with van der Waals surface area (Å²) in [6.07, 6.45) is 10.7. The zero-order valence-electron chi connectivity index (χ0n) is 24.4. The van der Waals surface area contributed by atoms with E-state index in [9.17, 15) is 14.7 Å². The monoisotopic (exact) mass is 561 g/mol. The van der Waals surface area contributed by atoms with Gasteiger partial charge in [0.2, 0.25) is 5.36 Å². The molecule has 0 aliphatic carbocycles. The maximum atomic E-state index is 12.7. The number of anilines is 1. The molecule has 3 aromatic carbocycles. The fourth-order valence-corrected chi connectivity index (χ4v) is 8.28. The number of Topliss-reactive ketones (excluding diaryl/α,β-unsaturated/α-hetero) is 1. The van der Waals surface area contributed by atoms with Crippen LogP contribution >= 0.6 is 0 Å². The molecule has 0 atom stereocenters. The van der Waals surface area contributed by atoms with Crippen molar-refractivity contribution in [3.05, 3.63) is 85.4 Å². The van der Waals surface area contributed by atoms with Crippen molar-refractivity contribution in [2.75, 3.05) is 31.1 Å². The molecule has 6 heteroatoms. The molecule has 3 aromatic rings. The standard InChI is InChI=1S/C36H36N2O4/c1-21(39)22-12-13-25(36(40)41)28(18-22)31-29-19-23-8-2-4-14-37-16-6-10-26(32(23)37)34(29)42-35-27-11-7-17-38-15-5-3-9-24(33(27)38)20-30(31)35/h12-13,18-20H,2-11,14-17H2,1H3/p+1. The SMILES string of the molecule is CC(=O)c1ccc(C(=O)O)c(C2=c3cc4c5c(c3Oc3c2cc2c6c3CCCN6CCCC2)CCC[N+]=5CCCC4)c1. The van der Waals surface area contributed by atoms with Gasteiger partial charge in [0.1, 0.15) is 24.6 Å². The van der Waals surface area contributed by atoms with Crippen LogP contribution in [0, 0.1) is 0 Å². The number of carboxylic acids is 1. The molecule has 6 nitrogen and oxygen atoms in total. The number of fused-ring (bicyclic) bond motifs is 4. The van der Waals surface area contributed by atoms with E-state index in [4.69, 9.17) is 4.74 Å². The van der Waals surface area contributed by atoms with Crippen LogP contribution in [0.15, 0.2) is 30.3 Å². The summed E-state index contributed by atoms with van der Waals surface area (Å²) in [6.45, 7) is 5.84. The van der Waals surface area contributed by atoms with Crippen molar-refractivity contribution in [1.29, 1.82) is 0 Å². The second-order valence-electron chi connectivity index (χ2n) is 12.7. The van der Waals surface area contributed by atoms with Crippen LogP contribution in [-0.4, -0.2) is 43.0 Å². The van der Waals surface area contributed by atoms with E-state index in [0.717, 1.165) is 105 Å². The number of nitrogens with zero attached hydrogens (tertiary/aromatic N) is 2. The number of carbonyl (C=O) groups is 2. The number of aromatic carboxylic acids is 1. The van der Waals surface area contributed by atoms with Gasteiger partial charge < -0.3 is 14.7 Å². The summed E-state index contributed by atoms with van der Waals surface area (Å²) in [7, 11) is 0. The first-order chi connectivity index (χ1) is 20.5. The highest BCUT2D eigenvalue weighted by molar-refractivity contribution is 6.02. The third-order valence-electron chi connectivity index (χ3n) is 10.1. The fraction of sp³-hybridized carbons (Fsp3) is 0.417. The second-order valence-corrected chi connectivity index (χ2v) is 12.7. The Bertz CT molecular complexity index is 1840. The van der Waals surface area contributed by atoms with Gasteiger partial charge >= 0.3 is 5.97 Å². The summed E-state index contributed by atoms with van der Waals surface area (Å²) in [5.74, 6) is 0.747. The second kappa shape index (κ2) is 9.82. The molecule has 5 heterocycles. The maximum Gasteiger partial charge on any atom is 0.336 e. The van der Waals surface area contributed by atoms with Crippen molar-refractivity contribution in [2.24, 2.45) is 0 Å². The summed E-state index contributed by atoms with van der Waals surface area (Å²) in [6, 6.07) is 9.67. The zero-order valence-corrected chi connectivity index (χ0v) is 24.4. The predicted octanol–water partition coefficient (Wildman–Crippen LogP) is 4.80. The molecule has 5 aliphatic rings. The van der Waals surface area contributed by atoms with Gasteiger partial charge in [0, 0.05) is 64.7 Å². The van der Waals surface area contributed by atoms with Crippen molar-refractivity contribution in [1.82, 2.24) is 4.58 Å². The first kappa shape index (κ1) is 25.8. The van der Waals surface area contributed by atoms with E-state index in [1.54, 1.807) is 19.1 Å². The Hall–Kier alpha value is -3.93. The van der Waals surface area contributed by atoms with Gasteiger partial charge in [-0.05, 0) is 93.7 Å². The average molecular weight is 562 g/mol. The van der Waals surface area contributed by atoms with Crippen LogP contribution in [0.3, 0.4) is 0 Å². The van der Waals surface area contributed by atoms with Gasteiger partial charge in [-0.2, -0.15) is 0 Å². The van der Waals surface area contributed by atoms with E-state index in [2.05, 4.69) is 21.6 Å². The van der Waals surface area contributed by atoms with Crippen LogP contribution < -0.4 is 24.8 Å². The Labute approximate surface area is 245 Å². The van der Waals surface area contributed by atoms with Crippen molar-refractivity contribution in [2.45, 2.75) is 71.1 Å². The molecule has 5 aliphatic heterocycles. The Kier molecular flexibility index (Phi) is 6.02. The molecular formula is C36H37N2O4+. The van der Waals surface area contributed by atoms with Gasteiger partial charge in [-0.1, -0.05) is 6.07 Å². The van der Waals surface area contributed by atoms with Crippen molar-refractivity contribution in [3.8, 4) is 11.5 Å². The van der Waals surface area contributed by atoms with Crippen LogP contribution in [-0.2, 0) is 25.7 Å². The van der Waals surface area contributed by atoms with Crippen molar-refractivity contribution >= 4 is 23.0 Å². The van der Waals surface area contributed by atoms with E-state index >= 15 is 0 Å². The molecular weight excluding hydrogens is 524 g/mol. The summed E-state index contributed by atoms with van der Waals surface area (Å²) in [4.78, 5) is 27.9. The zero-order chi connectivity index (χ0) is 28.5. The molecule has 0 radical (unpaired) electrons. The lowest BCUT2D eigenvalue weighted by atomic mass is 9.82. The number of rotatable bonds is 3. The first-order valence-corrected chi connectivity index (χ1v) is 15.8. The number of aryl methyl sites for hydroxylation is 2. The summed E-state index contributed by atoms with van der Waals surface area (Å²) in [5.41, 5.74) is 9.83. The quantitative estimate of drug-likeness (QED) is 0.287. The number of hydrogen-bond acceptors (Lipinski definition) is 4. The van der Waals surface area contributed by atoms with Gasteiger partial charge in [0.15, 0.2) is 5.78 Å². The molecule has 0 saturated carbocycles. The molecule has 0 aromatic heterocycles. The van der Waals surface area contributed by atoms with E-state index in [1.165, 1.54) is 46.1 Å². The lowest BCUT2D eigenvalue weighted by molar-refractivity contribution is 0.0696. The third kappa shape index (κ3) is 3.87. The third-order valence-corrected chi connectivity index (χ3v) is 10.1. The molecule has 0 unspecified atom stereocenters. The number of benzene rings is 3. The summed E-state index contributed by atoms with van der Waals surface area (Å²) >= 11 is 0. The Balaban J connectivity index is 1.54. The number of ether oxygens (including phenoxy) is 1. The minimum Gasteiger partial charge on any atom is -0.478 e. The Morgan fingerprint density at radius 1 is 0.810 bits per heavy atom. The maximum absolute atomic E-state index is 12.7. The Morgan fingerprint density at radius 2 is 1.60 bits per heavy atom. The number of carboxylic acid groups (broad SMARTS) is 1. The van der Waals surface area contributed by atoms with E-state index in [-0.39, 0.29) is 11.3 Å². The predicted molar refractivity (Wildman–Crippen MR) is 163 cm³/mol. The van der Waals surface area contributed by atoms with Crippen LogP contribution in [0.1, 0.15) is 99.5 Å². The van der Waals surface area contributed by atoms with Gasteiger partial charge in [0.05, 0.1) is 11.1 Å². The minimum absolute atomic E-state index is 0.0679. The molecule has 1 N–H and O–H groups in total. The molecule has 214 valence electrons. The van der Waals surface area contributed by atoms with Gasteiger partial charge in [-0.15, -0.1) is 0 Å². The van der Waals surface area contributed by atoms with Gasteiger partial charge in [-0.25, -0.2) is 9.37 Å². The summed E-state index contributed by atoms with van der Waals surface area (Å²) < 4.78 is 9.70. The number of ketones is 1. The highest BCUT2D eigenvalue weighted by atomic mass is 16.5. The van der Waals surface area contributed by atoms with Gasteiger partial charge in [-0.3, -0.25) is 4.79 Å². The van der Waals surface area contributed by atoms with Crippen molar-refractivity contribution < 1.29 is 19.4 Å². The van der Waals surface area contributed by atoms with E-state index in [0.29, 0.717) is 11.1 Å². The molecule has 0 bridgehead atoms. The number of hydrogen-bond donors (Lipinski definition) is 1.